The van der Waals surface area contributed by atoms with E-state index in [0.717, 1.165) is 11.3 Å². The van der Waals surface area contributed by atoms with Gasteiger partial charge >= 0.3 is 5.97 Å². The number of esters is 1. The number of nitro benzene ring substituents is 1. The Bertz CT molecular complexity index is 1060. The predicted octanol–water partition coefficient (Wildman–Crippen LogP) is 4.84. The van der Waals surface area contributed by atoms with Crippen molar-refractivity contribution in [3.05, 3.63) is 69.8 Å². The van der Waals surface area contributed by atoms with Crippen LogP contribution in [0.25, 0.3) is 6.08 Å². The van der Waals surface area contributed by atoms with E-state index < -0.39 is 16.1 Å². The molecule has 2 aromatic rings. The zero-order valence-corrected chi connectivity index (χ0v) is 18.0. The van der Waals surface area contributed by atoms with Crippen molar-refractivity contribution in [1.29, 1.82) is 0 Å². The molecule has 0 aliphatic carbocycles. The molecular weight excluding hydrogens is 396 g/mol. The number of ether oxygens (including phenoxy) is 2. The molecule has 0 unspecified atom stereocenters. The Hall–Kier alpha value is -3.35. The quantitative estimate of drug-likeness (QED) is 0.376. The molecule has 7 nitrogen and oxygen atoms in total. The maximum absolute atomic E-state index is 11.9. The van der Waals surface area contributed by atoms with Gasteiger partial charge in [-0.1, -0.05) is 18.2 Å². The number of hydrogen-bond acceptors (Lipinski definition) is 6. The molecule has 0 radical (unpaired) electrons. The third-order valence-electron chi connectivity index (χ3n) is 6.19. The molecule has 0 bridgehead atoms. The Balaban J connectivity index is 1.71. The number of carbonyl (C=O) groups excluding carboxylic acids is 1. The first kappa shape index (κ1) is 20.9. The fourth-order valence-electron chi connectivity index (χ4n) is 4.61. The average Bonchev–Trinajstić information content (AvgIpc) is 2.92. The fourth-order valence-corrected chi connectivity index (χ4v) is 4.61. The van der Waals surface area contributed by atoms with Gasteiger partial charge in [0.1, 0.15) is 5.75 Å². The number of rotatable bonds is 6. The normalized spacial score (nSPS) is 20.2. The summed E-state index contributed by atoms with van der Waals surface area (Å²) in [5.74, 6) is 0.394. The summed E-state index contributed by atoms with van der Waals surface area (Å²) in [6, 6.07) is 12.8. The summed E-state index contributed by atoms with van der Waals surface area (Å²) >= 11 is 0. The van der Waals surface area contributed by atoms with Gasteiger partial charge in [0, 0.05) is 36.3 Å². The summed E-state index contributed by atoms with van der Waals surface area (Å²) < 4.78 is 11.7. The Morgan fingerprint density at radius 2 is 2.00 bits per heavy atom. The van der Waals surface area contributed by atoms with Gasteiger partial charge in [-0.25, -0.2) is 0 Å². The van der Waals surface area contributed by atoms with Gasteiger partial charge in [0.2, 0.25) is 5.72 Å². The van der Waals surface area contributed by atoms with Crippen molar-refractivity contribution in [2.24, 2.45) is 0 Å². The highest BCUT2D eigenvalue weighted by atomic mass is 16.6. The molecule has 0 fully saturated rings. The number of para-hydroxylation sites is 1. The predicted molar refractivity (Wildman–Crippen MR) is 118 cm³/mol. The van der Waals surface area contributed by atoms with Gasteiger partial charge in [-0.3, -0.25) is 14.9 Å². The number of carbonyl (C=O) groups is 1. The molecule has 2 heterocycles. The van der Waals surface area contributed by atoms with E-state index in [1.807, 2.05) is 24.3 Å². The number of nitrogens with zero attached hydrogens (tertiary/aromatic N) is 2. The SMILES string of the molecule is CCOC(=O)CCCN1c2ccccc2C(C)(C)[C@]12C=Cc1cc([N+](=O)[O-])ccc1O2. The van der Waals surface area contributed by atoms with Gasteiger partial charge < -0.3 is 14.4 Å². The minimum absolute atomic E-state index is 0.0308. The van der Waals surface area contributed by atoms with Gasteiger partial charge in [-0.05, 0) is 57.0 Å². The molecule has 0 amide bonds. The number of non-ortho nitro benzene ring substituents is 1. The molecule has 1 atom stereocenters. The highest BCUT2D eigenvalue weighted by Crippen LogP contribution is 2.55. The molecule has 2 aromatic carbocycles. The van der Waals surface area contributed by atoms with Crippen LogP contribution in [-0.4, -0.2) is 29.8 Å². The molecule has 0 saturated carbocycles. The molecule has 0 saturated heterocycles. The molecule has 1 spiro atoms. The monoisotopic (exact) mass is 422 g/mol. The second-order valence-corrected chi connectivity index (χ2v) is 8.31. The van der Waals surface area contributed by atoms with Gasteiger partial charge in [-0.15, -0.1) is 0 Å². The summed E-state index contributed by atoms with van der Waals surface area (Å²) in [7, 11) is 0. The van der Waals surface area contributed by atoms with Crippen molar-refractivity contribution in [3.8, 4) is 5.75 Å². The number of hydrogen-bond donors (Lipinski definition) is 0. The van der Waals surface area contributed by atoms with Crippen LogP contribution in [0.5, 0.6) is 5.75 Å². The lowest BCUT2D eigenvalue weighted by molar-refractivity contribution is -0.384. The third-order valence-corrected chi connectivity index (χ3v) is 6.19. The van der Waals surface area contributed by atoms with E-state index in [0.29, 0.717) is 37.3 Å². The van der Waals surface area contributed by atoms with E-state index >= 15 is 0 Å². The van der Waals surface area contributed by atoms with Crippen LogP contribution in [0.1, 0.15) is 44.7 Å². The minimum Gasteiger partial charge on any atom is -0.466 e. The molecule has 162 valence electrons. The maximum Gasteiger partial charge on any atom is 0.305 e. The minimum atomic E-state index is -0.811. The number of nitro groups is 1. The van der Waals surface area contributed by atoms with Crippen molar-refractivity contribution >= 4 is 23.4 Å². The van der Waals surface area contributed by atoms with Crippen LogP contribution in [-0.2, 0) is 14.9 Å². The largest absolute Gasteiger partial charge is 0.466 e. The van der Waals surface area contributed by atoms with E-state index in [1.165, 1.54) is 12.1 Å². The summed E-state index contributed by atoms with van der Waals surface area (Å²) in [5, 5.41) is 11.2. The van der Waals surface area contributed by atoms with Gasteiger partial charge in [-0.2, -0.15) is 0 Å². The molecule has 4 rings (SSSR count). The number of benzene rings is 2. The first-order chi connectivity index (χ1) is 14.8. The zero-order valence-electron chi connectivity index (χ0n) is 18.0. The average molecular weight is 422 g/mol. The van der Waals surface area contributed by atoms with Crippen LogP contribution in [0.3, 0.4) is 0 Å². The second kappa shape index (κ2) is 7.72. The van der Waals surface area contributed by atoms with Gasteiger partial charge in [0.15, 0.2) is 0 Å². The lowest BCUT2D eigenvalue weighted by Crippen LogP contribution is -2.59. The molecular formula is C24H26N2O5. The molecule has 7 heteroatoms. The van der Waals surface area contributed by atoms with Gasteiger partial charge in [0.05, 0.1) is 16.9 Å². The second-order valence-electron chi connectivity index (χ2n) is 8.31. The van der Waals surface area contributed by atoms with Gasteiger partial charge in [0.25, 0.3) is 5.69 Å². The van der Waals surface area contributed by atoms with Crippen molar-refractivity contribution in [1.82, 2.24) is 0 Å². The van der Waals surface area contributed by atoms with Crippen LogP contribution in [0.4, 0.5) is 11.4 Å². The molecule has 0 N–H and O–H groups in total. The van der Waals surface area contributed by atoms with Crippen LogP contribution in [0.2, 0.25) is 0 Å². The summed E-state index contributed by atoms with van der Waals surface area (Å²) in [4.78, 5) is 24.8. The van der Waals surface area contributed by atoms with Crippen molar-refractivity contribution in [2.45, 2.75) is 44.8 Å². The first-order valence-corrected chi connectivity index (χ1v) is 10.5. The Kier molecular flexibility index (Phi) is 5.21. The van der Waals surface area contributed by atoms with Crippen LogP contribution >= 0.6 is 0 Å². The Labute approximate surface area is 181 Å². The molecule has 31 heavy (non-hydrogen) atoms. The molecule has 0 aromatic heterocycles. The van der Waals surface area contributed by atoms with E-state index in [2.05, 4.69) is 30.9 Å². The molecule has 2 aliphatic heterocycles. The summed E-state index contributed by atoms with van der Waals surface area (Å²) in [6.45, 7) is 7.05. The summed E-state index contributed by atoms with van der Waals surface area (Å²) in [6.07, 6.45) is 4.84. The van der Waals surface area contributed by atoms with Crippen LogP contribution in [0, 0.1) is 10.1 Å². The van der Waals surface area contributed by atoms with Crippen LogP contribution in [0.15, 0.2) is 48.5 Å². The fraction of sp³-hybridized carbons (Fsp3) is 0.375. The van der Waals surface area contributed by atoms with Crippen molar-refractivity contribution < 1.29 is 19.2 Å². The Morgan fingerprint density at radius 3 is 2.74 bits per heavy atom. The lowest BCUT2D eigenvalue weighted by atomic mass is 9.76. The van der Waals surface area contributed by atoms with E-state index in [-0.39, 0.29) is 11.7 Å². The Morgan fingerprint density at radius 1 is 1.23 bits per heavy atom. The maximum atomic E-state index is 11.9. The zero-order chi connectivity index (χ0) is 22.2. The number of fused-ring (bicyclic) bond motifs is 2. The smallest absolute Gasteiger partial charge is 0.305 e. The van der Waals surface area contributed by atoms with E-state index in [9.17, 15) is 14.9 Å². The highest BCUT2D eigenvalue weighted by Gasteiger charge is 2.58. The van der Waals surface area contributed by atoms with Crippen LogP contribution < -0.4 is 9.64 Å². The standard InChI is InChI=1S/C24H26N2O5/c1-4-30-22(27)10-7-15-25-20-9-6-5-8-19(20)23(2,3)24(25)14-13-17-16-18(26(28)29)11-12-21(17)31-24/h5-6,8-9,11-14,16H,4,7,10,15H2,1-3H3/t24-/m1/s1. The summed E-state index contributed by atoms with van der Waals surface area (Å²) in [5.41, 5.74) is 1.71. The van der Waals surface area contributed by atoms with E-state index in [1.54, 1.807) is 13.0 Å². The van der Waals surface area contributed by atoms with Crippen molar-refractivity contribution in [2.75, 3.05) is 18.1 Å². The lowest BCUT2D eigenvalue weighted by Gasteiger charge is -2.47. The third kappa shape index (κ3) is 3.34. The van der Waals surface area contributed by atoms with E-state index in [4.69, 9.17) is 9.47 Å². The topological polar surface area (TPSA) is 81.9 Å². The molecule has 2 aliphatic rings. The highest BCUT2D eigenvalue weighted by molar-refractivity contribution is 5.73. The van der Waals surface area contributed by atoms with Crippen molar-refractivity contribution in [3.63, 3.8) is 0 Å². The number of anilines is 1. The first-order valence-electron chi connectivity index (χ1n) is 10.5.